The highest BCUT2D eigenvalue weighted by Gasteiger charge is 2.20. The van der Waals surface area contributed by atoms with Crippen molar-refractivity contribution in [2.24, 2.45) is 0 Å². The van der Waals surface area contributed by atoms with Gasteiger partial charge in [-0.1, -0.05) is 0 Å². The normalized spacial score (nSPS) is 10.9. The summed E-state index contributed by atoms with van der Waals surface area (Å²) < 4.78 is 29.4. The molecule has 2 aromatic heterocycles. The molecule has 0 saturated heterocycles. The molecule has 170 valence electrons. The predicted octanol–water partition coefficient (Wildman–Crippen LogP) is 4.00. The van der Waals surface area contributed by atoms with Gasteiger partial charge >= 0.3 is 0 Å². The Morgan fingerprint density at radius 3 is 2.45 bits per heavy atom. The van der Waals surface area contributed by atoms with Crippen molar-refractivity contribution in [2.75, 3.05) is 20.8 Å². The lowest BCUT2D eigenvalue weighted by atomic mass is 10.2. The molecule has 9 heteroatoms. The first-order valence-electron chi connectivity index (χ1n) is 10.2. The van der Waals surface area contributed by atoms with Crippen LogP contribution in [0.15, 0.2) is 57.7 Å². The molecule has 8 nitrogen and oxygen atoms in total. The lowest BCUT2D eigenvalue weighted by molar-refractivity contribution is 0.0717. The van der Waals surface area contributed by atoms with Crippen molar-refractivity contribution in [1.29, 1.82) is 0 Å². The second kappa shape index (κ2) is 9.15. The number of carbonyl (C=O) groups is 1. The van der Waals surface area contributed by atoms with Crippen LogP contribution in [-0.2, 0) is 6.54 Å². The van der Waals surface area contributed by atoms with Crippen LogP contribution in [0.3, 0.4) is 0 Å². The van der Waals surface area contributed by atoms with E-state index in [1.54, 1.807) is 36.4 Å². The smallest absolute Gasteiger partial charge is 0.289 e. The fourth-order valence-corrected chi connectivity index (χ4v) is 3.48. The van der Waals surface area contributed by atoms with E-state index < -0.39 is 0 Å². The topological polar surface area (TPSA) is 97.7 Å². The van der Waals surface area contributed by atoms with Crippen LogP contribution in [0.1, 0.15) is 23.3 Å². The van der Waals surface area contributed by atoms with Crippen molar-refractivity contribution in [3.63, 3.8) is 0 Å². The number of hydrogen-bond acceptors (Lipinski definition) is 6. The van der Waals surface area contributed by atoms with E-state index in [2.05, 4.69) is 9.97 Å². The number of nitrogens with one attached hydrogen (secondary N) is 1. The van der Waals surface area contributed by atoms with E-state index in [1.807, 2.05) is 6.92 Å². The number of aromatic amines is 1. The third-order valence-corrected chi connectivity index (χ3v) is 5.21. The summed E-state index contributed by atoms with van der Waals surface area (Å²) in [6.07, 6.45) is 0. The Labute approximate surface area is 188 Å². The third-order valence-electron chi connectivity index (χ3n) is 5.21. The average molecular weight is 451 g/mol. The number of rotatable bonds is 7. The summed E-state index contributed by atoms with van der Waals surface area (Å²) in [5.41, 5.74) is 0.728. The van der Waals surface area contributed by atoms with E-state index in [4.69, 9.17) is 13.9 Å². The van der Waals surface area contributed by atoms with Crippen molar-refractivity contribution in [3.8, 4) is 22.8 Å². The van der Waals surface area contributed by atoms with E-state index >= 15 is 0 Å². The first-order valence-corrected chi connectivity index (χ1v) is 10.2. The number of fused-ring (bicyclic) bond motifs is 1. The number of amides is 1. The van der Waals surface area contributed by atoms with Gasteiger partial charge in [0.15, 0.2) is 17.3 Å². The quantitative estimate of drug-likeness (QED) is 0.456. The minimum absolute atomic E-state index is 0.0709. The molecule has 0 aliphatic carbocycles. The summed E-state index contributed by atoms with van der Waals surface area (Å²) in [6, 6.07) is 12.2. The number of carbonyl (C=O) groups excluding carboxylic acids is 1. The predicted molar refractivity (Wildman–Crippen MR) is 120 cm³/mol. The molecule has 1 amide bonds. The Hall–Kier alpha value is -4.14. The Bertz CT molecular complexity index is 1360. The number of halogens is 1. The first kappa shape index (κ1) is 22.1. The fraction of sp³-hybridized carbons (Fsp3) is 0.208. The van der Waals surface area contributed by atoms with Gasteiger partial charge in [0, 0.05) is 18.2 Å². The lowest BCUT2D eigenvalue weighted by Crippen LogP contribution is -2.31. The van der Waals surface area contributed by atoms with E-state index in [-0.39, 0.29) is 29.6 Å². The second-order valence-electron chi connectivity index (χ2n) is 7.23. The second-order valence-corrected chi connectivity index (χ2v) is 7.23. The van der Waals surface area contributed by atoms with Gasteiger partial charge < -0.3 is 23.8 Å². The molecule has 0 aliphatic heterocycles. The Balaban J connectivity index is 1.60. The first-order chi connectivity index (χ1) is 15.9. The van der Waals surface area contributed by atoms with Crippen LogP contribution in [0.5, 0.6) is 11.5 Å². The molecule has 4 rings (SSSR count). The number of benzene rings is 2. The van der Waals surface area contributed by atoms with Crippen molar-refractivity contribution in [2.45, 2.75) is 13.5 Å². The summed E-state index contributed by atoms with van der Waals surface area (Å²) in [6.45, 7) is 2.25. The monoisotopic (exact) mass is 451 g/mol. The molecular weight excluding hydrogens is 429 g/mol. The van der Waals surface area contributed by atoms with Crippen LogP contribution in [0, 0.1) is 5.82 Å². The number of hydrogen-bond donors (Lipinski definition) is 1. The molecular formula is C24H22FN3O5. The molecule has 0 radical (unpaired) electrons. The fourth-order valence-electron chi connectivity index (χ4n) is 3.48. The van der Waals surface area contributed by atoms with Crippen LogP contribution < -0.4 is 15.0 Å². The molecule has 2 heterocycles. The molecule has 0 unspecified atom stereocenters. The molecule has 0 bridgehead atoms. The molecule has 0 saturated carbocycles. The maximum absolute atomic E-state index is 13.2. The van der Waals surface area contributed by atoms with Gasteiger partial charge in [0.25, 0.3) is 11.5 Å². The molecule has 0 spiro atoms. The molecule has 0 atom stereocenters. The van der Waals surface area contributed by atoms with E-state index in [0.29, 0.717) is 46.1 Å². The molecule has 4 aromatic rings. The largest absolute Gasteiger partial charge is 0.493 e. The maximum atomic E-state index is 13.2. The van der Waals surface area contributed by atoms with E-state index in [0.717, 1.165) is 0 Å². The SMILES string of the molecule is CCN(Cc1nc2cc(OC)c(OC)cc2c(=O)[nH]1)C(=O)c1ccc(-c2ccc(F)cc2)o1. The number of furan rings is 1. The maximum Gasteiger partial charge on any atom is 0.289 e. The van der Waals surface area contributed by atoms with Gasteiger partial charge in [0.1, 0.15) is 17.4 Å². The number of methoxy groups -OCH3 is 2. The number of nitrogens with zero attached hydrogens (tertiary/aromatic N) is 2. The minimum atomic E-state index is -0.360. The summed E-state index contributed by atoms with van der Waals surface area (Å²) in [5.74, 6) is 1.05. The molecule has 2 aromatic carbocycles. The molecule has 0 fully saturated rings. The van der Waals surface area contributed by atoms with Crippen molar-refractivity contribution in [1.82, 2.24) is 14.9 Å². The number of ether oxygens (including phenoxy) is 2. The summed E-state index contributed by atoms with van der Waals surface area (Å²) in [7, 11) is 2.99. The highest BCUT2D eigenvalue weighted by Crippen LogP contribution is 2.30. The lowest BCUT2D eigenvalue weighted by Gasteiger charge is -2.19. The number of aromatic nitrogens is 2. The third kappa shape index (κ3) is 4.43. The van der Waals surface area contributed by atoms with Crippen LogP contribution >= 0.6 is 0 Å². The van der Waals surface area contributed by atoms with Gasteiger partial charge in [-0.2, -0.15) is 0 Å². The molecule has 0 aliphatic rings. The summed E-state index contributed by atoms with van der Waals surface area (Å²) >= 11 is 0. The molecule has 33 heavy (non-hydrogen) atoms. The zero-order chi connectivity index (χ0) is 23.5. The Morgan fingerprint density at radius 2 is 1.79 bits per heavy atom. The van der Waals surface area contributed by atoms with Crippen molar-refractivity contribution < 1.29 is 23.1 Å². The van der Waals surface area contributed by atoms with Crippen LogP contribution in [0.2, 0.25) is 0 Å². The van der Waals surface area contributed by atoms with Gasteiger partial charge in [-0.3, -0.25) is 9.59 Å². The van der Waals surface area contributed by atoms with E-state index in [1.165, 1.54) is 31.3 Å². The van der Waals surface area contributed by atoms with Crippen LogP contribution in [-0.4, -0.2) is 41.5 Å². The highest BCUT2D eigenvalue weighted by atomic mass is 19.1. The Kier molecular flexibility index (Phi) is 6.12. The summed E-state index contributed by atoms with van der Waals surface area (Å²) in [4.78, 5) is 34.4. The Morgan fingerprint density at radius 1 is 1.09 bits per heavy atom. The standard InChI is InChI=1S/C24H22FN3O5/c1-4-28(24(30)19-10-9-18(33-19)14-5-7-15(25)8-6-14)13-22-26-17-12-21(32-3)20(31-2)11-16(17)23(29)27-22/h5-12H,4,13H2,1-3H3,(H,26,27,29). The van der Waals surface area contributed by atoms with Gasteiger partial charge in [-0.25, -0.2) is 9.37 Å². The van der Waals surface area contributed by atoms with Gasteiger partial charge in [0.2, 0.25) is 0 Å². The van der Waals surface area contributed by atoms with Gasteiger partial charge in [-0.15, -0.1) is 0 Å². The van der Waals surface area contributed by atoms with Crippen molar-refractivity contribution >= 4 is 16.8 Å². The van der Waals surface area contributed by atoms with Gasteiger partial charge in [0.05, 0.1) is 31.7 Å². The van der Waals surface area contributed by atoms with Crippen molar-refractivity contribution in [3.05, 3.63) is 76.3 Å². The van der Waals surface area contributed by atoms with E-state index in [9.17, 15) is 14.0 Å². The van der Waals surface area contributed by atoms with Gasteiger partial charge in [-0.05, 0) is 49.4 Å². The number of H-pyrrole nitrogens is 1. The average Bonchev–Trinajstić information content (AvgIpc) is 3.32. The highest BCUT2D eigenvalue weighted by molar-refractivity contribution is 5.92. The van der Waals surface area contributed by atoms with Crippen LogP contribution in [0.25, 0.3) is 22.2 Å². The zero-order valence-electron chi connectivity index (χ0n) is 18.3. The molecule has 1 N–H and O–H groups in total. The zero-order valence-corrected chi connectivity index (χ0v) is 18.3. The minimum Gasteiger partial charge on any atom is -0.493 e. The summed E-state index contributed by atoms with van der Waals surface area (Å²) in [5, 5.41) is 0.348. The van der Waals surface area contributed by atoms with Crippen LogP contribution in [0.4, 0.5) is 4.39 Å².